The van der Waals surface area contributed by atoms with E-state index in [0.29, 0.717) is 19.8 Å². The number of hydrogen-bond donors (Lipinski definition) is 0. The van der Waals surface area contributed by atoms with Gasteiger partial charge in [-0.3, -0.25) is 0 Å². The second-order valence-electron chi connectivity index (χ2n) is 4.45. The van der Waals surface area contributed by atoms with Gasteiger partial charge in [0.15, 0.2) is 6.10 Å². The number of rotatable bonds is 3. The average molecular weight is 322 g/mol. The predicted octanol–water partition coefficient (Wildman–Crippen LogP) is 1.09. The molecule has 9 heteroatoms. The topological polar surface area (TPSA) is 98.8 Å². The van der Waals surface area contributed by atoms with Gasteiger partial charge in [-0.15, -0.1) is 0 Å². The Bertz CT molecular complexity index is 321. The zero-order valence-corrected chi connectivity index (χ0v) is 12.8. The highest BCUT2D eigenvalue weighted by Crippen LogP contribution is 2.11. The van der Waals surface area contributed by atoms with E-state index < -0.39 is 12.3 Å². The third kappa shape index (κ3) is 8.01. The Morgan fingerprint density at radius 2 is 1.77 bits per heavy atom. The summed E-state index contributed by atoms with van der Waals surface area (Å²) in [6, 6.07) is 0. The highest BCUT2D eigenvalue weighted by Gasteiger charge is 2.18. The number of ether oxygens (including phenoxy) is 7. The van der Waals surface area contributed by atoms with E-state index in [9.17, 15) is 9.59 Å². The first-order chi connectivity index (χ1) is 10.7. The Morgan fingerprint density at radius 1 is 1.09 bits per heavy atom. The van der Waals surface area contributed by atoms with Crippen LogP contribution in [0.2, 0.25) is 0 Å². The number of carbonyl (C=O) groups excluding carboxylic acids is 2. The molecule has 2 aliphatic rings. The van der Waals surface area contributed by atoms with Gasteiger partial charge in [0.2, 0.25) is 0 Å². The van der Waals surface area contributed by atoms with Crippen LogP contribution in [0.1, 0.15) is 12.8 Å². The van der Waals surface area contributed by atoms with E-state index in [4.69, 9.17) is 18.9 Å². The summed E-state index contributed by atoms with van der Waals surface area (Å²) in [4.78, 5) is 21.0. The number of methoxy groups -OCH3 is 2. The molecular weight excluding hydrogens is 300 g/mol. The third-order valence-electron chi connectivity index (χ3n) is 2.78. The molecule has 2 rings (SSSR count). The Labute approximate surface area is 128 Å². The zero-order chi connectivity index (χ0) is 16.2. The molecule has 128 valence electrons. The summed E-state index contributed by atoms with van der Waals surface area (Å²) in [6.45, 7) is 2.09. The van der Waals surface area contributed by atoms with Crippen molar-refractivity contribution in [1.29, 1.82) is 0 Å². The fraction of sp³-hybridized carbons (Fsp3) is 0.846. The summed E-state index contributed by atoms with van der Waals surface area (Å²) >= 11 is 0. The third-order valence-corrected chi connectivity index (χ3v) is 2.78. The molecule has 2 fully saturated rings. The van der Waals surface area contributed by atoms with Crippen LogP contribution in [0.5, 0.6) is 0 Å². The highest BCUT2D eigenvalue weighted by atomic mass is 16.8. The number of hydrogen-bond acceptors (Lipinski definition) is 9. The summed E-state index contributed by atoms with van der Waals surface area (Å²) in [6.07, 6.45) is 0.418. The summed E-state index contributed by atoms with van der Waals surface area (Å²) in [5.41, 5.74) is 0. The van der Waals surface area contributed by atoms with Crippen molar-refractivity contribution < 1.29 is 42.7 Å². The lowest BCUT2D eigenvalue weighted by Gasteiger charge is -2.21. The predicted molar refractivity (Wildman–Crippen MR) is 71.4 cm³/mol. The monoisotopic (exact) mass is 322 g/mol. The molecule has 0 aliphatic carbocycles. The molecule has 0 aromatic carbocycles. The van der Waals surface area contributed by atoms with Gasteiger partial charge in [0.1, 0.15) is 13.4 Å². The lowest BCUT2D eigenvalue weighted by atomic mass is 10.2. The maximum absolute atomic E-state index is 10.5. The fourth-order valence-electron chi connectivity index (χ4n) is 1.71. The second kappa shape index (κ2) is 11.0. The van der Waals surface area contributed by atoms with Crippen molar-refractivity contribution in [2.24, 2.45) is 0 Å². The molecule has 2 heterocycles. The van der Waals surface area contributed by atoms with Crippen molar-refractivity contribution in [3.05, 3.63) is 0 Å². The minimum Gasteiger partial charge on any atom is -0.438 e. The van der Waals surface area contributed by atoms with Gasteiger partial charge < -0.3 is 33.2 Å². The standard InChI is InChI=1S/C7H12O4.C6H10O5/c1-9-7(8)11-5-6-3-2-4-10-6;1-8-6(7)11-5-2-9-4-10-3-5/h6H,2-5H2,1H3;5H,2-4H2,1H3. The van der Waals surface area contributed by atoms with Gasteiger partial charge in [-0.1, -0.05) is 0 Å². The smallest absolute Gasteiger partial charge is 0.438 e. The van der Waals surface area contributed by atoms with E-state index >= 15 is 0 Å². The van der Waals surface area contributed by atoms with Gasteiger partial charge in [-0.2, -0.15) is 0 Å². The van der Waals surface area contributed by atoms with E-state index in [1.807, 2.05) is 0 Å². The quantitative estimate of drug-likeness (QED) is 0.707. The lowest BCUT2D eigenvalue weighted by Crippen LogP contribution is -2.33. The normalized spacial score (nSPS) is 21.3. The van der Waals surface area contributed by atoms with Crippen LogP contribution in [-0.2, 0) is 33.2 Å². The first-order valence-electron chi connectivity index (χ1n) is 6.88. The Kier molecular flexibility index (Phi) is 9.28. The maximum atomic E-state index is 10.5. The van der Waals surface area contributed by atoms with Crippen molar-refractivity contribution in [2.45, 2.75) is 25.0 Å². The summed E-state index contributed by atoms with van der Waals surface area (Å²) < 4.78 is 33.0. The van der Waals surface area contributed by atoms with Gasteiger partial charge in [0, 0.05) is 6.61 Å². The second-order valence-corrected chi connectivity index (χ2v) is 4.45. The lowest BCUT2D eigenvalue weighted by molar-refractivity contribution is -0.156. The van der Waals surface area contributed by atoms with Crippen LogP contribution in [0, 0.1) is 0 Å². The van der Waals surface area contributed by atoms with E-state index in [-0.39, 0.29) is 19.0 Å². The van der Waals surface area contributed by atoms with E-state index in [2.05, 4.69) is 14.2 Å². The zero-order valence-electron chi connectivity index (χ0n) is 12.8. The molecular formula is C13H22O9. The fourth-order valence-corrected chi connectivity index (χ4v) is 1.71. The van der Waals surface area contributed by atoms with Crippen molar-refractivity contribution in [3.63, 3.8) is 0 Å². The maximum Gasteiger partial charge on any atom is 0.508 e. The molecule has 2 saturated heterocycles. The van der Waals surface area contributed by atoms with E-state index in [1.165, 1.54) is 14.2 Å². The summed E-state index contributed by atoms with van der Waals surface area (Å²) in [7, 11) is 2.55. The van der Waals surface area contributed by atoms with Crippen LogP contribution < -0.4 is 0 Å². The van der Waals surface area contributed by atoms with Gasteiger partial charge >= 0.3 is 12.3 Å². The summed E-state index contributed by atoms with van der Waals surface area (Å²) in [5.74, 6) is 0. The summed E-state index contributed by atoms with van der Waals surface area (Å²) in [5, 5.41) is 0. The molecule has 2 aliphatic heterocycles. The highest BCUT2D eigenvalue weighted by molar-refractivity contribution is 5.60. The molecule has 0 amide bonds. The van der Waals surface area contributed by atoms with Crippen LogP contribution in [0.25, 0.3) is 0 Å². The van der Waals surface area contributed by atoms with Crippen LogP contribution in [0.3, 0.4) is 0 Å². The molecule has 0 spiro atoms. The van der Waals surface area contributed by atoms with Gasteiger partial charge in [0.25, 0.3) is 0 Å². The molecule has 1 atom stereocenters. The van der Waals surface area contributed by atoms with Gasteiger partial charge in [0.05, 0.1) is 33.5 Å². The van der Waals surface area contributed by atoms with Crippen LogP contribution in [0.15, 0.2) is 0 Å². The minimum absolute atomic E-state index is 0.0779. The molecule has 0 aromatic rings. The molecule has 9 nitrogen and oxygen atoms in total. The van der Waals surface area contributed by atoms with Crippen LogP contribution in [0.4, 0.5) is 9.59 Å². The first-order valence-corrected chi connectivity index (χ1v) is 6.88. The molecule has 22 heavy (non-hydrogen) atoms. The number of carbonyl (C=O) groups is 2. The minimum atomic E-state index is -0.705. The first kappa shape index (κ1) is 18.5. The van der Waals surface area contributed by atoms with Gasteiger partial charge in [-0.05, 0) is 12.8 Å². The molecule has 0 radical (unpaired) electrons. The SMILES string of the molecule is COC(=O)OC1COCOC1.COC(=O)OCC1CCCO1. The molecule has 1 unspecified atom stereocenters. The van der Waals surface area contributed by atoms with Crippen molar-refractivity contribution in [1.82, 2.24) is 0 Å². The Hall–Kier alpha value is -1.58. The van der Waals surface area contributed by atoms with Crippen LogP contribution in [-0.4, -0.2) is 72.0 Å². The average Bonchev–Trinajstić information content (AvgIpc) is 3.07. The Balaban J connectivity index is 0.000000220. The molecule has 0 N–H and O–H groups in total. The van der Waals surface area contributed by atoms with Crippen molar-refractivity contribution >= 4 is 12.3 Å². The van der Waals surface area contributed by atoms with Gasteiger partial charge in [-0.25, -0.2) is 9.59 Å². The molecule has 0 bridgehead atoms. The van der Waals surface area contributed by atoms with Crippen molar-refractivity contribution in [2.75, 3.05) is 47.4 Å². The molecule has 0 aromatic heterocycles. The van der Waals surface area contributed by atoms with E-state index in [1.54, 1.807) is 0 Å². The molecule has 0 saturated carbocycles. The largest absolute Gasteiger partial charge is 0.508 e. The van der Waals surface area contributed by atoms with Crippen molar-refractivity contribution in [3.8, 4) is 0 Å². The Morgan fingerprint density at radius 3 is 2.32 bits per heavy atom. The van der Waals surface area contributed by atoms with Crippen LogP contribution >= 0.6 is 0 Å². The van der Waals surface area contributed by atoms with E-state index in [0.717, 1.165) is 19.4 Å².